The van der Waals surface area contributed by atoms with Crippen molar-refractivity contribution >= 4 is 24.1 Å². The van der Waals surface area contributed by atoms with E-state index >= 15 is 0 Å². The van der Waals surface area contributed by atoms with Crippen LogP contribution in [0.1, 0.15) is 25.8 Å². The highest BCUT2D eigenvalue weighted by Gasteiger charge is 2.43. The van der Waals surface area contributed by atoms with Crippen molar-refractivity contribution in [3.05, 3.63) is 30.1 Å². The molecule has 2 rings (SSSR count). The first-order valence-electron chi connectivity index (χ1n) is 6.76. The molecule has 0 aromatic carbocycles. The van der Waals surface area contributed by atoms with Gasteiger partial charge in [-0.1, -0.05) is 0 Å². The van der Waals surface area contributed by atoms with Crippen LogP contribution in [0.15, 0.2) is 29.6 Å². The summed E-state index contributed by atoms with van der Waals surface area (Å²) in [6.07, 6.45) is 4.70. The van der Waals surface area contributed by atoms with E-state index in [4.69, 9.17) is 0 Å². The number of amides is 4. The smallest absolute Gasteiger partial charge is 0.324 e. The number of imide groups is 1. The lowest BCUT2D eigenvalue weighted by Gasteiger charge is -2.15. The van der Waals surface area contributed by atoms with Gasteiger partial charge in [0.25, 0.3) is 5.91 Å². The molecule has 0 radical (unpaired) electrons. The molecular weight excluding hydrogens is 286 g/mol. The average Bonchev–Trinajstić information content (AvgIpc) is 2.66. The minimum atomic E-state index is -0.924. The Labute approximate surface area is 127 Å². The van der Waals surface area contributed by atoms with Crippen LogP contribution < -0.4 is 10.7 Å². The summed E-state index contributed by atoms with van der Waals surface area (Å²) in [4.78, 5) is 40.1. The van der Waals surface area contributed by atoms with E-state index in [0.717, 1.165) is 10.5 Å². The molecule has 1 aliphatic rings. The molecule has 1 saturated heterocycles. The summed E-state index contributed by atoms with van der Waals surface area (Å²) in [7, 11) is 0. The lowest BCUT2D eigenvalue weighted by atomic mass is 10.1. The number of nitrogens with one attached hydrogen (secondary N) is 2. The van der Waals surface area contributed by atoms with Crippen molar-refractivity contribution in [1.29, 1.82) is 0 Å². The Morgan fingerprint density at radius 3 is 2.68 bits per heavy atom. The maximum absolute atomic E-state index is 11.9. The quantitative estimate of drug-likeness (QED) is 0.462. The summed E-state index contributed by atoms with van der Waals surface area (Å²) in [5.41, 5.74) is 2.22. The molecule has 0 saturated carbocycles. The third kappa shape index (κ3) is 3.66. The first-order chi connectivity index (χ1) is 10.4. The van der Waals surface area contributed by atoms with Crippen molar-refractivity contribution in [2.45, 2.75) is 25.8 Å². The van der Waals surface area contributed by atoms with Gasteiger partial charge in [0.05, 0.1) is 6.21 Å². The van der Waals surface area contributed by atoms with Gasteiger partial charge in [-0.05, 0) is 31.5 Å². The van der Waals surface area contributed by atoms with E-state index in [2.05, 4.69) is 20.8 Å². The van der Waals surface area contributed by atoms with Gasteiger partial charge in [-0.15, -0.1) is 0 Å². The maximum atomic E-state index is 11.9. The second kappa shape index (κ2) is 6.33. The molecule has 1 aliphatic heterocycles. The monoisotopic (exact) mass is 303 g/mol. The Bertz CT molecular complexity index is 612. The highest BCUT2D eigenvalue weighted by Crippen LogP contribution is 2.16. The van der Waals surface area contributed by atoms with Gasteiger partial charge in [0.2, 0.25) is 5.91 Å². The molecule has 0 bridgehead atoms. The van der Waals surface area contributed by atoms with Gasteiger partial charge in [-0.3, -0.25) is 19.5 Å². The molecule has 0 unspecified atom stereocenters. The van der Waals surface area contributed by atoms with Crippen molar-refractivity contribution in [3.8, 4) is 0 Å². The molecule has 2 heterocycles. The van der Waals surface area contributed by atoms with Crippen LogP contribution in [0, 0.1) is 0 Å². The molecule has 116 valence electrons. The Balaban J connectivity index is 1.80. The number of hydrogen-bond acceptors (Lipinski definition) is 5. The fourth-order valence-corrected chi connectivity index (χ4v) is 1.92. The van der Waals surface area contributed by atoms with Gasteiger partial charge in [0.15, 0.2) is 0 Å². The zero-order valence-corrected chi connectivity index (χ0v) is 12.4. The molecule has 1 fully saturated rings. The zero-order valence-electron chi connectivity index (χ0n) is 12.4. The molecule has 0 aliphatic carbocycles. The molecule has 0 spiro atoms. The predicted octanol–water partition coefficient (Wildman–Crippen LogP) is 0.252. The van der Waals surface area contributed by atoms with Crippen molar-refractivity contribution in [1.82, 2.24) is 20.6 Å². The van der Waals surface area contributed by atoms with Crippen LogP contribution >= 0.6 is 0 Å². The Kier molecular flexibility index (Phi) is 4.50. The Hall–Kier alpha value is -2.77. The molecule has 1 aromatic heterocycles. The topological polar surface area (TPSA) is 104 Å². The van der Waals surface area contributed by atoms with E-state index in [1.165, 1.54) is 6.21 Å². The molecule has 4 amide bonds. The number of nitrogens with zero attached hydrogens (tertiary/aromatic N) is 3. The van der Waals surface area contributed by atoms with Crippen LogP contribution in [0.2, 0.25) is 0 Å². The Morgan fingerprint density at radius 2 is 2.09 bits per heavy atom. The standard InChI is InChI=1S/C14H17N5O3/c1-14(2)12(21)19(13(22)17-14)8-5-11(20)18-16-9-10-3-6-15-7-4-10/h3-4,6-7,9H,5,8H2,1-2H3,(H,17,22)(H,18,20)/b16-9-. The normalized spacial score (nSPS) is 16.9. The van der Waals surface area contributed by atoms with E-state index in [-0.39, 0.29) is 24.8 Å². The van der Waals surface area contributed by atoms with Crippen molar-refractivity contribution in [2.24, 2.45) is 5.10 Å². The second-order valence-electron chi connectivity index (χ2n) is 5.34. The number of hydrogen-bond donors (Lipinski definition) is 2. The molecule has 22 heavy (non-hydrogen) atoms. The first-order valence-corrected chi connectivity index (χ1v) is 6.76. The third-order valence-corrected chi connectivity index (χ3v) is 3.12. The predicted molar refractivity (Wildman–Crippen MR) is 78.9 cm³/mol. The second-order valence-corrected chi connectivity index (χ2v) is 5.34. The van der Waals surface area contributed by atoms with Crippen LogP contribution in [0.3, 0.4) is 0 Å². The van der Waals surface area contributed by atoms with Crippen molar-refractivity contribution in [3.63, 3.8) is 0 Å². The molecular formula is C14H17N5O3. The fourth-order valence-electron chi connectivity index (χ4n) is 1.92. The van der Waals surface area contributed by atoms with Gasteiger partial charge >= 0.3 is 6.03 Å². The average molecular weight is 303 g/mol. The van der Waals surface area contributed by atoms with Gasteiger partial charge in [0.1, 0.15) is 5.54 Å². The lowest BCUT2D eigenvalue weighted by molar-refractivity contribution is -0.130. The third-order valence-electron chi connectivity index (χ3n) is 3.12. The van der Waals surface area contributed by atoms with Crippen LogP contribution in [0.4, 0.5) is 4.79 Å². The minimum Gasteiger partial charge on any atom is -0.324 e. The largest absolute Gasteiger partial charge is 0.325 e. The number of hydrazone groups is 1. The number of aromatic nitrogens is 1. The molecule has 8 nitrogen and oxygen atoms in total. The van der Waals surface area contributed by atoms with Gasteiger partial charge in [-0.2, -0.15) is 5.10 Å². The van der Waals surface area contributed by atoms with Crippen LogP contribution in [0.25, 0.3) is 0 Å². The van der Waals surface area contributed by atoms with Crippen LogP contribution in [-0.2, 0) is 9.59 Å². The summed E-state index contributed by atoms with van der Waals surface area (Å²) in [6.45, 7) is 3.25. The van der Waals surface area contributed by atoms with Crippen molar-refractivity contribution < 1.29 is 14.4 Å². The van der Waals surface area contributed by atoms with E-state index in [9.17, 15) is 14.4 Å². The van der Waals surface area contributed by atoms with E-state index in [0.29, 0.717) is 0 Å². The molecule has 2 N–H and O–H groups in total. The summed E-state index contributed by atoms with van der Waals surface area (Å²) < 4.78 is 0. The van der Waals surface area contributed by atoms with Crippen LogP contribution in [-0.4, -0.2) is 46.0 Å². The maximum Gasteiger partial charge on any atom is 0.325 e. The van der Waals surface area contributed by atoms with E-state index < -0.39 is 11.6 Å². The van der Waals surface area contributed by atoms with Gasteiger partial charge in [0, 0.05) is 25.4 Å². The number of rotatable bonds is 5. The summed E-state index contributed by atoms with van der Waals surface area (Å²) in [6, 6.07) is 3.00. The molecule has 0 atom stereocenters. The van der Waals surface area contributed by atoms with Gasteiger partial charge < -0.3 is 5.32 Å². The van der Waals surface area contributed by atoms with Crippen LogP contribution in [0.5, 0.6) is 0 Å². The fraction of sp³-hybridized carbons (Fsp3) is 0.357. The number of pyridine rings is 1. The Morgan fingerprint density at radius 1 is 1.41 bits per heavy atom. The molecule has 1 aromatic rings. The highest BCUT2D eigenvalue weighted by molar-refractivity contribution is 6.06. The van der Waals surface area contributed by atoms with E-state index in [1.54, 1.807) is 38.4 Å². The minimum absolute atomic E-state index is 0.0110. The summed E-state index contributed by atoms with van der Waals surface area (Å²) in [5, 5.41) is 6.35. The zero-order chi connectivity index (χ0) is 16.2. The highest BCUT2D eigenvalue weighted by atomic mass is 16.2. The summed E-state index contributed by atoms with van der Waals surface area (Å²) >= 11 is 0. The van der Waals surface area contributed by atoms with Gasteiger partial charge in [-0.25, -0.2) is 10.2 Å². The number of urea groups is 1. The van der Waals surface area contributed by atoms with E-state index in [1.807, 2.05) is 0 Å². The number of carbonyl (C=O) groups excluding carboxylic acids is 3. The summed E-state index contributed by atoms with van der Waals surface area (Å²) in [5.74, 6) is -0.721. The van der Waals surface area contributed by atoms with Crippen molar-refractivity contribution in [2.75, 3.05) is 6.54 Å². The lowest BCUT2D eigenvalue weighted by Crippen LogP contribution is -2.40. The molecule has 8 heteroatoms. The number of carbonyl (C=O) groups is 3. The SMILES string of the molecule is CC1(C)NC(=O)N(CCC(=O)N/N=C\c2ccncc2)C1=O. The first kappa shape index (κ1) is 15.6.